The topological polar surface area (TPSA) is 76.1 Å². The number of aromatic amines is 1. The first kappa shape index (κ1) is 17.1. The summed E-state index contributed by atoms with van der Waals surface area (Å²) in [5.41, 5.74) is 1.31. The summed E-state index contributed by atoms with van der Waals surface area (Å²) in [5.74, 6) is 1.56. The molecule has 0 aliphatic carbocycles. The number of nitrogens with zero attached hydrogens (tertiary/aromatic N) is 1. The molecule has 1 atom stereocenters. The molecule has 1 aliphatic heterocycles. The Labute approximate surface area is 156 Å². The number of aromatic nitrogens is 2. The molecule has 27 heavy (non-hydrogen) atoms. The van der Waals surface area contributed by atoms with Gasteiger partial charge < -0.3 is 10.1 Å². The summed E-state index contributed by atoms with van der Waals surface area (Å²) in [7, 11) is 0. The Balaban J connectivity index is 1.74. The maximum absolute atomic E-state index is 12.6. The molecule has 2 heterocycles. The summed E-state index contributed by atoms with van der Waals surface area (Å²) in [6.45, 7) is 3.92. The largest absolute Gasteiger partial charge is 0.457 e. The maximum atomic E-state index is 12.6. The molecule has 1 amide bonds. The smallest absolute Gasteiger partial charge is 0.270 e. The standard InChI is InChI=1S/C21H21N3O3/c1-13(2)24-20-19(21(26)23-24)17(12-18(25)22-20)14-7-6-10-16(11-14)27-15-8-4-3-5-9-15/h3-11,13,17H,12H2,1-2H3,(H,22,25)(H,23,26)/t17-/m1/s1. The molecule has 1 aliphatic rings. The molecule has 6 heteroatoms. The van der Waals surface area contributed by atoms with E-state index in [2.05, 4.69) is 10.4 Å². The summed E-state index contributed by atoms with van der Waals surface area (Å²) in [6, 6.07) is 17.1. The van der Waals surface area contributed by atoms with Crippen LogP contribution in [0.1, 0.15) is 43.4 Å². The van der Waals surface area contributed by atoms with Gasteiger partial charge in [-0.1, -0.05) is 30.3 Å². The number of nitrogens with one attached hydrogen (secondary N) is 2. The number of hydrogen-bond acceptors (Lipinski definition) is 3. The molecule has 0 saturated heterocycles. The molecule has 1 aromatic heterocycles. The van der Waals surface area contributed by atoms with Crippen molar-refractivity contribution in [3.8, 4) is 11.5 Å². The van der Waals surface area contributed by atoms with Gasteiger partial charge in [-0.25, -0.2) is 0 Å². The van der Waals surface area contributed by atoms with E-state index in [-0.39, 0.29) is 29.8 Å². The van der Waals surface area contributed by atoms with Crippen molar-refractivity contribution in [3.05, 3.63) is 76.1 Å². The van der Waals surface area contributed by atoms with Crippen LogP contribution in [-0.4, -0.2) is 15.7 Å². The van der Waals surface area contributed by atoms with Crippen LogP contribution in [0.5, 0.6) is 11.5 Å². The van der Waals surface area contributed by atoms with Gasteiger partial charge in [0.05, 0.1) is 5.56 Å². The predicted molar refractivity (Wildman–Crippen MR) is 103 cm³/mol. The van der Waals surface area contributed by atoms with Gasteiger partial charge in [0.15, 0.2) is 0 Å². The Morgan fingerprint density at radius 3 is 2.52 bits per heavy atom. The first-order valence-electron chi connectivity index (χ1n) is 9.00. The third kappa shape index (κ3) is 3.26. The monoisotopic (exact) mass is 363 g/mol. The Morgan fingerprint density at radius 2 is 1.78 bits per heavy atom. The highest BCUT2D eigenvalue weighted by molar-refractivity contribution is 5.94. The molecule has 4 rings (SSSR count). The number of amides is 1. The molecule has 0 fully saturated rings. The fraction of sp³-hybridized carbons (Fsp3) is 0.238. The number of anilines is 1. The summed E-state index contributed by atoms with van der Waals surface area (Å²) >= 11 is 0. The van der Waals surface area contributed by atoms with Crippen molar-refractivity contribution in [2.24, 2.45) is 0 Å². The third-order valence-corrected chi connectivity index (χ3v) is 4.71. The lowest BCUT2D eigenvalue weighted by Crippen LogP contribution is -2.27. The molecule has 0 radical (unpaired) electrons. The van der Waals surface area contributed by atoms with E-state index >= 15 is 0 Å². The van der Waals surface area contributed by atoms with Crippen LogP contribution in [-0.2, 0) is 4.79 Å². The van der Waals surface area contributed by atoms with Crippen molar-refractivity contribution in [1.82, 2.24) is 9.78 Å². The minimum Gasteiger partial charge on any atom is -0.457 e. The maximum Gasteiger partial charge on any atom is 0.270 e. The molecule has 2 aromatic carbocycles. The van der Waals surface area contributed by atoms with Crippen LogP contribution >= 0.6 is 0 Å². The zero-order valence-electron chi connectivity index (χ0n) is 15.2. The number of rotatable bonds is 4. The van der Waals surface area contributed by atoms with Crippen molar-refractivity contribution >= 4 is 11.7 Å². The minimum absolute atomic E-state index is 0.0354. The van der Waals surface area contributed by atoms with Gasteiger partial charge in [-0.3, -0.25) is 19.4 Å². The van der Waals surface area contributed by atoms with E-state index in [0.29, 0.717) is 17.1 Å². The fourth-order valence-electron chi connectivity index (χ4n) is 3.48. The average molecular weight is 363 g/mol. The van der Waals surface area contributed by atoms with Gasteiger partial charge in [0.25, 0.3) is 5.56 Å². The zero-order valence-corrected chi connectivity index (χ0v) is 15.2. The zero-order chi connectivity index (χ0) is 19.0. The van der Waals surface area contributed by atoms with Crippen LogP contribution in [0.2, 0.25) is 0 Å². The molecule has 0 bridgehead atoms. The van der Waals surface area contributed by atoms with E-state index in [1.165, 1.54) is 0 Å². The highest BCUT2D eigenvalue weighted by Crippen LogP contribution is 2.37. The van der Waals surface area contributed by atoms with E-state index < -0.39 is 0 Å². The lowest BCUT2D eigenvalue weighted by molar-refractivity contribution is -0.116. The number of carbonyl (C=O) groups excluding carboxylic acids is 1. The third-order valence-electron chi connectivity index (χ3n) is 4.71. The van der Waals surface area contributed by atoms with Crippen LogP contribution in [0.4, 0.5) is 5.82 Å². The number of hydrogen-bond donors (Lipinski definition) is 2. The molecular weight excluding hydrogens is 342 g/mol. The number of benzene rings is 2. The van der Waals surface area contributed by atoms with Gasteiger partial charge in [-0.15, -0.1) is 0 Å². The highest BCUT2D eigenvalue weighted by atomic mass is 16.5. The molecule has 3 aromatic rings. The first-order chi connectivity index (χ1) is 13.0. The summed E-state index contributed by atoms with van der Waals surface area (Å²) in [6.07, 6.45) is 0.229. The average Bonchev–Trinajstić information content (AvgIpc) is 2.99. The fourth-order valence-corrected chi connectivity index (χ4v) is 3.48. The van der Waals surface area contributed by atoms with Gasteiger partial charge in [0.2, 0.25) is 5.91 Å². The van der Waals surface area contributed by atoms with E-state index in [1.54, 1.807) is 4.68 Å². The molecule has 0 saturated carbocycles. The second kappa shape index (κ2) is 6.79. The normalized spacial score (nSPS) is 16.1. The molecule has 138 valence electrons. The van der Waals surface area contributed by atoms with Crippen LogP contribution in [0.3, 0.4) is 0 Å². The van der Waals surface area contributed by atoms with Crippen LogP contribution < -0.4 is 15.6 Å². The van der Waals surface area contributed by atoms with E-state index in [1.807, 2.05) is 68.4 Å². The summed E-state index contributed by atoms with van der Waals surface area (Å²) in [5, 5.41) is 5.69. The van der Waals surface area contributed by atoms with E-state index in [0.717, 1.165) is 11.3 Å². The predicted octanol–water partition coefficient (Wildman–Crippen LogP) is 4.02. The van der Waals surface area contributed by atoms with E-state index in [9.17, 15) is 9.59 Å². The summed E-state index contributed by atoms with van der Waals surface area (Å²) in [4.78, 5) is 24.9. The van der Waals surface area contributed by atoms with E-state index in [4.69, 9.17) is 4.74 Å². The van der Waals surface area contributed by atoms with Gasteiger partial charge >= 0.3 is 0 Å². The van der Waals surface area contributed by atoms with Crippen LogP contribution in [0.15, 0.2) is 59.4 Å². The van der Waals surface area contributed by atoms with Gasteiger partial charge in [-0.05, 0) is 43.7 Å². The van der Waals surface area contributed by atoms with Gasteiger partial charge in [0, 0.05) is 18.4 Å². The van der Waals surface area contributed by atoms with Gasteiger partial charge in [-0.2, -0.15) is 0 Å². The Kier molecular flexibility index (Phi) is 4.32. The summed E-state index contributed by atoms with van der Waals surface area (Å²) < 4.78 is 7.62. The number of para-hydroxylation sites is 1. The van der Waals surface area contributed by atoms with Gasteiger partial charge in [0.1, 0.15) is 17.3 Å². The second-order valence-electron chi connectivity index (χ2n) is 6.96. The second-order valence-corrected chi connectivity index (χ2v) is 6.96. The lowest BCUT2D eigenvalue weighted by Gasteiger charge is -2.24. The Bertz CT molecular complexity index is 1030. The van der Waals surface area contributed by atoms with Crippen molar-refractivity contribution in [3.63, 3.8) is 0 Å². The molecular formula is C21H21N3O3. The first-order valence-corrected chi connectivity index (χ1v) is 9.00. The van der Waals surface area contributed by atoms with Crippen molar-refractivity contribution < 1.29 is 9.53 Å². The van der Waals surface area contributed by atoms with Crippen molar-refractivity contribution in [2.45, 2.75) is 32.2 Å². The molecule has 0 spiro atoms. The Morgan fingerprint density at radius 1 is 1.04 bits per heavy atom. The molecule has 6 nitrogen and oxygen atoms in total. The van der Waals surface area contributed by atoms with Crippen molar-refractivity contribution in [1.29, 1.82) is 0 Å². The van der Waals surface area contributed by atoms with Crippen LogP contribution in [0.25, 0.3) is 0 Å². The molecule has 2 N–H and O–H groups in total. The highest BCUT2D eigenvalue weighted by Gasteiger charge is 2.33. The number of carbonyl (C=O) groups is 1. The Hall–Kier alpha value is -3.28. The minimum atomic E-state index is -0.308. The van der Waals surface area contributed by atoms with Crippen molar-refractivity contribution in [2.75, 3.05) is 5.32 Å². The van der Waals surface area contributed by atoms with Crippen LogP contribution in [0, 0.1) is 0 Å². The number of H-pyrrole nitrogens is 1. The quantitative estimate of drug-likeness (QED) is 0.735. The number of ether oxygens (including phenoxy) is 1. The lowest BCUT2D eigenvalue weighted by atomic mass is 9.87. The SMILES string of the molecule is CC(C)n1[nH]c(=O)c2c1NC(=O)C[C@@H]2c1cccc(Oc2ccccc2)c1. The number of fused-ring (bicyclic) bond motifs is 1. The molecule has 0 unspecified atom stereocenters.